The van der Waals surface area contributed by atoms with Crippen molar-refractivity contribution in [1.82, 2.24) is 5.32 Å². The molecule has 8 heteroatoms. The van der Waals surface area contributed by atoms with Gasteiger partial charge in [-0.25, -0.2) is 17.6 Å². The minimum absolute atomic E-state index is 0.0736. The van der Waals surface area contributed by atoms with E-state index in [1.165, 1.54) is 19.1 Å². The SMILES string of the molecule is CCCCN(CCCC)c1ccc(/C=C/c2c(F)c(F)c(/C=C/c3ccc(N(C)CCCNC(C)=O)cc3)c(F)c2F)cc1. The van der Waals surface area contributed by atoms with E-state index < -0.39 is 34.4 Å². The molecule has 0 heterocycles. The number of halogens is 4. The summed E-state index contributed by atoms with van der Waals surface area (Å²) in [4.78, 5) is 15.3. The Morgan fingerprint density at radius 2 is 1.09 bits per heavy atom. The molecule has 0 atom stereocenters. The number of unbranched alkanes of at least 4 members (excludes halogenated alkanes) is 2. The van der Waals surface area contributed by atoms with E-state index in [0.717, 1.165) is 68.7 Å². The predicted octanol–water partition coefficient (Wildman–Crippen LogP) is 8.95. The van der Waals surface area contributed by atoms with Gasteiger partial charge in [-0.1, -0.05) is 63.1 Å². The number of anilines is 2. The van der Waals surface area contributed by atoms with Crippen LogP contribution in [0.3, 0.4) is 0 Å². The highest BCUT2D eigenvalue weighted by Gasteiger charge is 2.22. The minimum atomic E-state index is -1.45. The molecule has 3 aromatic carbocycles. The molecule has 0 aliphatic carbocycles. The molecule has 0 saturated carbocycles. The van der Waals surface area contributed by atoms with Gasteiger partial charge in [0.05, 0.1) is 11.1 Å². The van der Waals surface area contributed by atoms with Crippen LogP contribution in [0.15, 0.2) is 48.5 Å². The van der Waals surface area contributed by atoms with E-state index in [1.807, 2.05) is 48.3 Å². The third-order valence-electron chi connectivity index (χ3n) is 7.42. The second-order valence-corrected chi connectivity index (χ2v) is 10.9. The molecule has 0 unspecified atom stereocenters. The van der Waals surface area contributed by atoms with Crippen LogP contribution in [0.25, 0.3) is 24.3 Å². The molecule has 4 nitrogen and oxygen atoms in total. The average molecular weight is 610 g/mol. The highest BCUT2D eigenvalue weighted by molar-refractivity contribution is 5.75. The Morgan fingerprint density at radius 1 is 0.659 bits per heavy atom. The van der Waals surface area contributed by atoms with Crippen molar-refractivity contribution in [2.45, 2.75) is 52.9 Å². The van der Waals surface area contributed by atoms with Crippen LogP contribution in [0.5, 0.6) is 0 Å². The van der Waals surface area contributed by atoms with Gasteiger partial charge in [-0.2, -0.15) is 0 Å². The van der Waals surface area contributed by atoms with Crippen molar-refractivity contribution < 1.29 is 22.4 Å². The standard InChI is InChI=1S/C36H43F4N3O/c1-5-7-24-43(25-8-6-2)30-18-12-28(13-19-30)15-21-32-35(39)33(37)31(34(38)36(32)40)20-14-27-10-16-29(17-11-27)42(4)23-9-22-41-26(3)44/h10-21H,5-9,22-25H2,1-4H3,(H,41,44)/b20-14+,21-15+. The van der Waals surface area contributed by atoms with Gasteiger partial charge < -0.3 is 15.1 Å². The summed E-state index contributed by atoms with van der Waals surface area (Å²) in [6.45, 7) is 8.96. The number of benzene rings is 3. The van der Waals surface area contributed by atoms with Crippen molar-refractivity contribution >= 4 is 41.6 Å². The van der Waals surface area contributed by atoms with E-state index in [2.05, 4.69) is 24.1 Å². The Bertz CT molecular complexity index is 1380. The maximum Gasteiger partial charge on any atom is 0.216 e. The Hall–Kier alpha value is -4.07. The molecule has 1 amide bonds. The number of nitrogens with one attached hydrogen (secondary N) is 1. The van der Waals surface area contributed by atoms with E-state index in [1.54, 1.807) is 12.1 Å². The maximum absolute atomic E-state index is 14.9. The molecule has 0 radical (unpaired) electrons. The normalized spacial score (nSPS) is 11.5. The quantitative estimate of drug-likeness (QED) is 0.0762. The fourth-order valence-corrected chi connectivity index (χ4v) is 4.73. The van der Waals surface area contributed by atoms with Crippen molar-refractivity contribution in [3.63, 3.8) is 0 Å². The van der Waals surface area contributed by atoms with Gasteiger partial charge in [0.25, 0.3) is 0 Å². The molecule has 1 N–H and O–H groups in total. The summed E-state index contributed by atoms with van der Waals surface area (Å²) < 4.78 is 59.8. The number of rotatable bonds is 16. The zero-order chi connectivity index (χ0) is 32.1. The summed E-state index contributed by atoms with van der Waals surface area (Å²) >= 11 is 0. The van der Waals surface area contributed by atoms with Crippen molar-refractivity contribution in [2.75, 3.05) is 43.0 Å². The summed E-state index contributed by atoms with van der Waals surface area (Å²) in [5, 5.41) is 2.75. The number of carbonyl (C=O) groups is 1. The van der Waals surface area contributed by atoms with Gasteiger partial charge in [-0.05, 0) is 66.8 Å². The van der Waals surface area contributed by atoms with Gasteiger partial charge in [0, 0.05) is 51.5 Å². The first kappa shape index (κ1) is 34.4. The van der Waals surface area contributed by atoms with E-state index in [4.69, 9.17) is 0 Å². The molecule has 0 aromatic heterocycles. The molecular weight excluding hydrogens is 566 g/mol. The molecule has 0 fully saturated rings. The van der Waals surface area contributed by atoms with Crippen LogP contribution in [0.4, 0.5) is 28.9 Å². The molecule has 236 valence electrons. The van der Waals surface area contributed by atoms with Gasteiger partial charge in [0.15, 0.2) is 23.3 Å². The zero-order valence-corrected chi connectivity index (χ0v) is 26.1. The Balaban J connectivity index is 1.72. The second kappa shape index (κ2) is 17.3. The van der Waals surface area contributed by atoms with Crippen LogP contribution in [0, 0.1) is 23.3 Å². The van der Waals surface area contributed by atoms with Gasteiger partial charge >= 0.3 is 0 Å². The number of carbonyl (C=O) groups excluding carboxylic acids is 1. The third kappa shape index (κ3) is 9.73. The monoisotopic (exact) mass is 609 g/mol. The first-order valence-electron chi connectivity index (χ1n) is 15.3. The van der Waals surface area contributed by atoms with Gasteiger partial charge in [0.2, 0.25) is 5.91 Å². The van der Waals surface area contributed by atoms with E-state index >= 15 is 0 Å². The summed E-state index contributed by atoms with van der Waals surface area (Å²) in [7, 11) is 1.91. The number of nitrogens with zero attached hydrogens (tertiary/aromatic N) is 2. The molecule has 0 bridgehead atoms. The first-order valence-corrected chi connectivity index (χ1v) is 15.3. The lowest BCUT2D eigenvalue weighted by molar-refractivity contribution is -0.118. The Morgan fingerprint density at radius 3 is 1.50 bits per heavy atom. The van der Waals surface area contributed by atoms with Crippen LogP contribution in [-0.2, 0) is 4.79 Å². The summed E-state index contributed by atoms with van der Waals surface area (Å²) in [6, 6.07) is 14.7. The molecular formula is C36H43F4N3O. The smallest absolute Gasteiger partial charge is 0.216 e. The highest BCUT2D eigenvalue weighted by atomic mass is 19.2. The van der Waals surface area contributed by atoms with Gasteiger partial charge in [-0.15, -0.1) is 0 Å². The van der Waals surface area contributed by atoms with Crippen molar-refractivity contribution in [3.8, 4) is 0 Å². The maximum atomic E-state index is 14.9. The fraction of sp³-hybridized carbons (Fsp3) is 0.361. The molecule has 3 aromatic rings. The van der Waals surface area contributed by atoms with Crippen LogP contribution in [-0.4, -0.2) is 39.1 Å². The van der Waals surface area contributed by atoms with Gasteiger partial charge in [0.1, 0.15) is 0 Å². The van der Waals surface area contributed by atoms with E-state index in [9.17, 15) is 22.4 Å². The predicted molar refractivity (Wildman–Crippen MR) is 176 cm³/mol. The molecule has 44 heavy (non-hydrogen) atoms. The van der Waals surface area contributed by atoms with Crippen molar-refractivity contribution in [1.29, 1.82) is 0 Å². The minimum Gasteiger partial charge on any atom is -0.375 e. The number of hydrogen-bond acceptors (Lipinski definition) is 3. The second-order valence-electron chi connectivity index (χ2n) is 10.9. The lowest BCUT2D eigenvalue weighted by Crippen LogP contribution is -2.26. The van der Waals surface area contributed by atoms with Crippen LogP contribution in [0.1, 0.15) is 75.1 Å². The summed E-state index contributed by atoms with van der Waals surface area (Å²) in [5.74, 6) is -5.87. The van der Waals surface area contributed by atoms with Crippen molar-refractivity contribution in [2.24, 2.45) is 0 Å². The zero-order valence-electron chi connectivity index (χ0n) is 26.1. The van der Waals surface area contributed by atoms with Crippen LogP contribution < -0.4 is 15.1 Å². The lowest BCUT2D eigenvalue weighted by Gasteiger charge is -2.24. The third-order valence-corrected chi connectivity index (χ3v) is 7.42. The Labute approximate surface area is 259 Å². The largest absolute Gasteiger partial charge is 0.375 e. The summed E-state index contributed by atoms with van der Waals surface area (Å²) in [6.07, 6.45) is 10.1. The lowest BCUT2D eigenvalue weighted by atomic mass is 10.0. The Kier molecular flexibility index (Phi) is 13.5. The topological polar surface area (TPSA) is 35.6 Å². The van der Waals surface area contributed by atoms with E-state index in [-0.39, 0.29) is 5.91 Å². The van der Waals surface area contributed by atoms with Crippen LogP contribution >= 0.6 is 0 Å². The van der Waals surface area contributed by atoms with E-state index in [0.29, 0.717) is 24.2 Å². The van der Waals surface area contributed by atoms with Crippen LogP contribution in [0.2, 0.25) is 0 Å². The average Bonchev–Trinajstić information content (AvgIpc) is 3.02. The molecule has 0 aliphatic heterocycles. The molecule has 3 rings (SSSR count). The van der Waals surface area contributed by atoms with Gasteiger partial charge in [-0.3, -0.25) is 4.79 Å². The number of amides is 1. The van der Waals surface area contributed by atoms with Crippen molar-refractivity contribution in [3.05, 3.63) is 94.1 Å². The number of hydrogen-bond donors (Lipinski definition) is 1. The first-order chi connectivity index (χ1) is 21.2. The molecule has 0 aliphatic rings. The molecule has 0 spiro atoms. The molecule has 0 saturated heterocycles. The fourth-order valence-electron chi connectivity index (χ4n) is 4.73. The summed E-state index contributed by atoms with van der Waals surface area (Å²) in [5.41, 5.74) is 1.70. The highest BCUT2D eigenvalue weighted by Crippen LogP contribution is 2.28.